The van der Waals surface area contributed by atoms with Crippen molar-refractivity contribution in [2.75, 3.05) is 53.4 Å². The fraction of sp³-hybridized carbons (Fsp3) is 0.929. The van der Waals surface area contributed by atoms with Gasteiger partial charge in [0.15, 0.2) is 0 Å². The van der Waals surface area contributed by atoms with Gasteiger partial charge in [-0.05, 0) is 25.9 Å². The minimum atomic E-state index is -0.367. The van der Waals surface area contributed by atoms with Crippen LogP contribution in [0.5, 0.6) is 0 Å². The Bertz CT molecular complexity index is 275. The number of amides is 1. The number of carbonyl (C=O) groups is 1. The largest absolute Gasteiger partial charge is 0.344 e. The first-order chi connectivity index (χ1) is 8.91. The Morgan fingerprint density at radius 3 is 2.37 bits per heavy atom. The molecule has 0 unspecified atom stereocenters. The summed E-state index contributed by atoms with van der Waals surface area (Å²) in [6, 6.07) is -0.367. The molecule has 0 spiro atoms. The van der Waals surface area contributed by atoms with Crippen molar-refractivity contribution in [1.82, 2.24) is 14.7 Å². The second kappa shape index (κ2) is 7.82. The van der Waals surface area contributed by atoms with Crippen LogP contribution in [-0.4, -0.2) is 80.0 Å². The lowest BCUT2D eigenvalue weighted by atomic mass is 10.0. The highest BCUT2D eigenvalue weighted by atomic mass is 16.2. The monoisotopic (exact) mass is 270 g/mol. The first-order valence-electron chi connectivity index (χ1n) is 7.33. The molecular weight excluding hydrogens is 240 g/mol. The van der Waals surface area contributed by atoms with Gasteiger partial charge in [-0.15, -0.1) is 0 Å². The van der Waals surface area contributed by atoms with Crippen molar-refractivity contribution in [3.63, 3.8) is 0 Å². The minimum absolute atomic E-state index is 0.0633. The zero-order chi connectivity index (χ0) is 14.4. The summed E-state index contributed by atoms with van der Waals surface area (Å²) < 4.78 is 0. The minimum Gasteiger partial charge on any atom is -0.344 e. The molecule has 1 atom stereocenters. The third-order valence-electron chi connectivity index (χ3n) is 3.94. The van der Waals surface area contributed by atoms with Crippen LogP contribution in [0.15, 0.2) is 0 Å². The molecular formula is C14H30N4O. The summed E-state index contributed by atoms with van der Waals surface area (Å²) in [6.07, 6.45) is 1.02. The van der Waals surface area contributed by atoms with Gasteiger partial charge in [-0.2, -0.15) is 0 Å². The van der Waals surface area contributed by atoms with Gasteiger partial charge >= 0.3 is 0 Å². The Balaban J connectivity index is 2.20. The molecule has 5 nitrogen and oxygen atoms in total. The van der Waals surface area contributed by atoms with Gasteiger partial charge in [0.2, 0.25) is 5.91 Å². The maximum absolute atomic E-state index is 12.0. The molecule has 0 aromatic carbocycles. The van der Waals surface area contributed by atoms with E-state index in [0.29, 0.717) is 0 Å². The molecule has 19 heavy (non-hydrogen) atoms. The first-order valence-corrected chi connectivity index (χ1v) is 7.33. The molecule has 1 aliphatic heterocycles. The van der Waals surface area contributed by atoms with E-state index in [4.69, 9.17) is 5.73 Å². The van der Waals surface area contributed by atoms with E-state index in [1.54, 1.807) is 4.90 Å². The SMILES string of the molecule is CC(C)[C@H](N)C(=O)N(C)CCCN1CCN(C)CC1. The van der Waals surface area contributed by atoms with Crippen LogP contribution in [0.2, 0.25) is 0 Å². The predicted molar refractivity (Wildman–Crippen MR) is 79.0 cm³/mol. The van der Waals surface area contributed by atoms with Crippen molar-refractivity contribution in [1.29, 1.82) is 0 Å². The molecule has 0 radical (unpaired) electrons. The van der Waals surface area contributed by atoms with Gasteiger partial charge in [0.25, 0.3) is 0 Å². The summed E-state index contributed by atoms with van der Waals surface area (Å²) in [7, 11) is 4.02. The van der Waals surface area contributed by atoms with E-state index in [0.717, 1.165) is 45.7 Å². The van der Waals surface area contributed by atoms with E-state index < -0.39 is 0 Å². The van der Waals surface area contributed by atoms with E-state index in [9.17, 15) is 4.79 Å². The third-order valence-corrected chi connectivity index (χ3v) is 3.94. The van der Waals surface area contributed by atoms with Crippen LogP contribution in [0.3, 0.4) is 0 Å². The van der Waals surface area contributed by atoms with Gasteiger partial charge in [0.1, 0.15) is 0 Å². The fourth-order valence-corrected chi connectivity index (χ4v) is 2.25. The van der Waals surface area contributed by atoms with Crippen molar-refractivity contribution in [3.8, 4) is 0 Å². The fourth-order valence-electron chi connectivity index (χ4n) is 2.25. The van der Waals surface area contributed by atoms with Gasteiger partial charge < -0.3 is 20.4 Å². The van der Waals surface area contributed by atoms with E-state index in [1.807, 2.05) is 20.9 Å². The van der Waals surface area contributed by atoms with Crippen LogP contribution in [0.4, 0.5) is 0 Å². The summed E-state index contributed by atoms with van der Waals surface area (Å²) in [5.41, 5.74) is 5.88. The van der Waals surface area contributed by atoms with Crippen LogP contribution in [0, 0.1) is 5.92 Å². The average molecular weight is 270 g/mol. The lowest BCUT2D eigenvalue weighted by Crippen LogP contribution is -2.47. The number of likely N-dealkylation sites (N-methyl/N-ethyl adjacent to an activating group) is 2. The number of hydrogen-bond donors (Lipinski definition) is 1. The second-order valence-corrected chi connectivity index (χ2v) is 6.03. The second-order valence-electron chi connectivity index (χ2n) is 6.03. The molecule has 112 valence electrons. The number of rotatable bonds is 6. The number of carbonyl (C=O) groups excluding carboxylic acids is 1. The highest BCUT2D eigenvalue weighted by molar-refractivity contribution is 5.81. The van der Waals surface area contributed by atoms with Crippen LogP contribution in [-0.2, 0) is 4.79 Å². The van der Waals surface area contributed by atoms with Crippen LogP contribution >= 0.6 is 0 Å². The molecule has 1 aliphatic rings. The standard InChI is InChI=1S/C14H30N4O/c1-12(2)13(15)14(19)17(4)6-5-7-18-10-8-16(3)9-11-18/h12-13H,5-11,15H2,1-4H3/t13-/m0/s1. The van der Waals surface area contributed by atoms with E-state index in [1.165, 1.54) is 0 Å². The summed E-state index contributed by atoms with van der Waals surface area (Å²) >= 11 is 0. The molecule has 0 aromatic rings. The summed E-state index contributed by atoms with van der Waals surface area (Å²) in [5, 5.41) is 0. The highest BCUT2D eigenvalue weighted by Gasteiger charge is 2.21. The Hall–Kier alpha value is -0.650. The Morgan fingerprint density at radius 2 is 1.84 bits per heavy atom. The van der Waals surface area contributed by atoms with Crippen LogP contribution in [0.1, 0.15) is 20.3 Å². The summed E-state index contributed by atoms with van der Waals surface area (Å²) in [4.78, 5) is 18.6. The quantitative estimate of drug-likeness (QED) is 0.742. The van der Waals surface area contributed by atoms with Gasteiger partial charge in [-0.1, -0.05) is 13.8 Å². The molecule has 1 fully saturated rings. The molecule has 0 aliphatic carbocycles. The molecule has 1 rings (SSSR count). The lowest BCUT2D eigenvalue weighted by molar-refractivity contribution is -0.132. The molecule has 0 bridgehead atoms. The smallest absolute Gasteiger partial charge is 0.239 e. The maximum atomic E-state index is 12.0. The summed E-state index contributed by atoms with van der Waals surface area (Å²) in [6.45, 7) is 10.4. The molecule has 0 saturated carbocycles. The van der Waals surface area contributed by atoms with Crippen molar-refractivity contribution in [3.05, 3.63) is 0 Å². The normalized spacial score (nSPS) is 19.7. The lowest BCUT2D eigenvalue weighted by Gasteiger charge is -2.32. The van der Waals surface area contributed by atoms with Crippen molar-refractivity contribution in [2.45, 2.75) is 26.3 Å². The molecule has 5 heteroatoms. The van der Waals surface area contributed by atoms with Crippen molar-refractivity contribution < 1.29 is 4.79 Å². The molecule has 0 aromatic heterocycles. The van der Waals surface area contributed by atoms with E-state index in [2.05, 4.69) is 16.8 Å². The van der Waals surface area contributed by atoms with Crippen molar-refractivity contribution >= 4 is 5.91 Å². The van der Waals surface area contributed by atoms with Gasteiger partial charge in [-0.3, -0.25) is 4.79 Å². The van der Waals surface area contributed by atoms with Gasteiger partial charge in [0, 0.05) is 39.8 Å². The van der Waals surface area contributed by atoms with Crippen LogP contribution < -0.4 is 5.73 Å². The topological polar surface area (TPSA) is 52.8 Å². The first kappa shape index (κ1) is 16.4. The Labute approximate surface area is 117 Å². The van der Waals surface area contributed by atoms with Crippen molar-refractivity contribution in [2.24, 2.45) is 11.7 Å². The average Bonchev–Trinajstić information content (AvgIpc) is 2.39. The number of nitrogens with two attached hydrogens (primary N) is 1. The Morgan fingerprint density at radius 1 is 1.26 bits per heavy atom. The number of hydrogen-bond acceptors (Lipinski definition) is 4. The Kier molecular flexibility index (Phi) is 6.75. The van der Waals surface area contributed by atoms with Crippen LogP contribution in [0.25, 0.3) is 0 Å². The molecule has 2 N–H and O–H groups in total. The molecule has 1 amide bonds. The summed E-state index contributed by atoms with van der Waals surface area (Å²) in [5.74, 6) is 0.265. The predicted octanol–water partition coefficient (Wildman–Crippen LogP) is 0.0656. The van der Waals surface area contributed by atoms with E-state index >= 15 is 0 Å². The van der Waals surface area contributed by atoms with Gasteiger partial charge in [0.05, 0.1) is 6.04 Å². The third kappa shape index (κ3) is 5.47. The zero-order valence-corrected chi connectivity index (χ0v) is 12.9. The van der Waals surface area contributed by atoms with E-state index in [-0.39, 0.29) is 17.9 Å². The number of piperazine rings is 1. The molecule has 1 heterocycles. The van der Waals surface area contributed by atoms with Gasteiger partial charge in [-0.25, -0.2) is 0 Å². The maximum Gasteiger partial charge on any atom is 0.239 e. The highest BCUT2D eigenvalue weighted by Crippen LogP contribution is 2.04. The molecule has 1 saturated heterocycles. The zero-order valence-electron chi connectivity index (χ0n) is 12.9. The number of nitrogens with zero attached hydrogens (tertiary/aromatic N) is 3.